The molecule has 2 N–H and O–H groups in total. The zero-order valence-electron chi connectivity index (χ0n) is 18.5. The van der Waals surface area contributed by atoms with Crippen molar-refractivity contribution in [3.8, 4) is 22.6 Å². The molecule has 0 unspecified atom stereocenters. The molecule has 2 aliphatic carbocycles. The summed E-state index contributed by atoms with van der Waals surface area (Å²) in [4.78, 5) is 0. The Bertz CT molecular complexity index is 1050. The molecule has 168 valence electrons. The van der Waals surface area contributed by atoms with Gasteiger partial charge in [-0.2, -0.15) is 0 Å². The normalized spacial score (nSPS) is 18.8. The van der Waals surface area contributed by atoms with Crippen LogP contribution in [0, 0.1) is 0 Å². The molecule has 0 spiro atoms. The van der Waals surface area contributed by atoms with Crippen LogP contribution >= 0.6 is 12.4 Å². The Labute approximate surface area is 196 Å². The fraction of sp³-hybridized carbons (Fsp3) is 0.333. The van der Waals surface area contributed by atoms with E-state index < -0.39 is 6.10 Å². The predicted octanol–water partition coefficient (Wildman–Crippen LogP) is 4.75. The zero-order valence-corrected chi connectivity index (χ0v) is 19.3. The lowest BCUT2D eigenvalue weighted by atomic mass is 9.85. The van der Waals surface area contributed by atoms with Crippen molar-refractivity contribution in [2.45, 2.75) is 37.3 Å². The molecular weight excluding hydrogens is 422 g/mol. The molecule has 3 aromatic rings. The van der Waals surface area contributed by atoms with Crippen LogP contribution in [-0.4, -0.2) is 38.0 Å². The Hall–Kier alpha value is -2.53. The summed E-state index contributed by atoms with van der Waals surface area (Å²) < 4.78 is 10.9. The van der Waals surface area contributed by atoms with Gasteiger partial charge in [0.05, 0.1) is 20.3 Å². The molecule has 0 aliphatic heterocycles. The number of halogens is 1. The topological polar surface area (TPSA) is 50.7 Å². The lowest BCUT2D eigenvalue weighted by molar-refractivity contribution is 0.119. The van der Waals surface area contributed by atoms with Crippen LogP contribution < -0.4 is 14.8 Å². The number of benzene rings is 3. The maximum atomic E-state index is 10.8. The van der Waals surface area contributed by atoms with Crippen LogP contribution in [-0.2, 0) is 12.8 Å². The summed E-state index contributed by atoms with van der Waals surface area (Å²) in [6.45, 7) is 0.859. The Kier molecular flexibility index (Phi) is 6.75. The second-order valence-corrected chi connectivity index (χ2v) is 8.53. The summed E-state index contributed by atoms with van der Waals surface area (Å²) in [7, 11) is 3.31. The summed E-state index contributed by atoms with van der Waals surface area (Å²) in [5.41, 5.74) is 7.90. The minimum Gasteiger partial charge on any atom is -0.493 e. The van der Waals surface area contributed by atoms with Gasteiger partial charge in [-0.05, 0) is 64.9 Å². The molecule has 0 fully saturated rings. The second kappa shape index (κ2) is 9.53. The first-order valence-corrected chi connectivity index (χ1v) is 11.0. The highest BCUT2D eigenvalue weighted by molar-refractivity contribution is 5.85. The van der Waals surface area contributed by atoms with Crippen molar-refractivity contribution in [3.63, 3.8) is 0 Å². The van der Waals surface area contributed by atoms with Gasteiger partial charge in [0.15, 0.2) is 11.5 Å². The minimum absolute atomic E-state index is 0. The molecule has 32 heavy (non-hydrogen) atoms. The van der Waals surface area contributed by atoms with E-state index in [9.17, 15) is 5.11 Å². The highest BCUT2D eigenvalue weighted by Gasteiger charge is 2.30. The molecular formula is C27H30ClNO3. The lowest BCUT2D eigenvalue weighted by Crippen LogP contribution is -2.46. The Morgan fingerprint density at radius 2 is 1.38 bits per heavy atom. The van der Waals surface area contributed by atoms with E-state index in [4.69, 9.17) is 9.47 Å². The molecule has 3 aromatic carbocycles. The summed E-state index contributed by atoms with van der Waals surface area (Å²) >= 11 is 0. The summed E-state index contributed by atoms with van der Waals surface area (Å²) in [6.07, 6.45) is 2.02. The van der Waals surface area contributed by atoms with Crippen LogP contribution in [0.3, 0.4) is 0 Å². The van der Waals surface area contributed by atoms with E-state index in [1.165, 1.54) is 27.8 Å². The van der Waals surface area contributed by atoms with E-state index in [0.29, 0.717) is 12.3 Å². The van der Waals surface area contributed by atoms with Crippen LogP contribution in [0.2, 0.25) is 0 Å². The second-order valence-electron chi connectivity index (χ2n) is 8.53. The van der Waals surface area contributed by atoms with Crippen molar-refractivity contribution in [1.82, 2.24) is 5.32 Å². The molecule has 5 heteroatoms. The lowest BCUT2D eigenvalue weighted by Gasteiger charge is -2.31. The van der Waals surface area contributed by atoms with E-state index in [2.05, 4.69) is 59.9 Å². The standard InChI is InChI=1S/C27H29NO3.ClH/c1-30-26-15-17-13-24(25(29)14-18(17)16-27(26)31-2)28-12-11-23-21-9-5-3-7-19(21)20-8-4-6-10-22(20)23;/h3-10,15-16,23-25,28-29H,11-14H2,1-2H3;1H/t24-,25-;/m0./s1. The number of fused-ring (bicyclic) bond motifs is 4. The van der Waals surface area contributed by atoms with Gasteiger partial charge in [-0.15, -0.1) is 12.4 Å². The molecule has 2 aliphatic rings. The van der Waals surface area contributed by atoms with E-state index in [0.717, 1.165) is 36.4 Å². The average Bonchev–Trinajstić information content (AvgIpc) is 3.12. The van der Waals surface area contributed by atoms with Gasteiger partial charge in [-0.3, -0.25) is 0 Å². The van der Waals surface area contributed by atoms with Crippen LogP contribution in [0.4, 0.5) is 0 Å². The molecule has 2 atom stereocenters. The monoisotopic (exact) mass is 451 g/mol. The van der Waals surface area contributed by atoms with Crippen LogP contribution in [0.5, 0.6) is 11.5 Å². The summed E-state index contributed by atoms with van der Waals surface area (Å²) in [5.74, 6) is 1.87. The minimum atomic E-state index is -0.409. The predicted molar refractivity (Wildman–Crippen MR) is 130 cm³/mol. The molecule has 0 heterocycles. The van der Waals surface area contributed by atoms with Crippen molar-refractivity contribution in [3.05, 3.63) is 82.9 Å². The number of hydrogen-bond acceptors (Lipinski definition) is 4. The maximum Gasteiger partial charge on any atom is 0.161 e. The van der Waals surface area contributed by atoms with Gasteiger partial charge < -0.3 is 19.9 Å². The number of aliphatic hydroxyl groups excluding tert-OH is 1. The maximum absolute atomic E-state index is 10.8. The Morgan fingerprint density at radius 3 is 1.94 bits per heavy atom. The van der Waals surface area contributed by atoms with E-state index in [-0.39, 0.29) is 18.4 Å². The molecule has 5 rings (SSSR count). The quantitative estimate of drug-likeness (QED) is 0.568. The SMILES string of the molecule is COc1cc2c(cc1OC)C[C@H](O)[C@@H](NCCC1c3ccccc3-c3ccccc31)C2.Cl. The number of nitrogens with one attached hydrogen (secondary N) is 1. The highest BCUT2D eigenvalue weighted by Crippen LogP contribution is 2.46. The van der Waals surface area contributed by atoms with Gasteiger partial charge in [0.2, 0.25) is 0 Å². The van der Waals surface area contributed by atoms with Crippen molar-refractivity contribution >= 4 is 12.4 Å². The van der Waals surface area contributed by atoms with Crippen molar-refractivity contribution < 1.29 is 14.6 Å². The smallest absolute Gasteiger partial charge is 0.161 e. The van der Waals surface area contributed by atoms with E-state index >= 15 is 0 Å². The first-order valence-electron chi connectivity index (χ1n) is 11.0. The van der Waals surface area contributed by atoms with Crippen LogP contribution in [0.1, 0.15) is 34.6 Å². The van der Waals surface area contributed by atoms with E-state index in [1.807, 2.05) is 6.07 Å². The van der Waals surface area contributed by atoms with Crippen LogP contribution in [0.15, 0.2) is 60.7 Å². The molecule has 0 amide bonds. The fourth-order valence-electron chi connectivity index (χ4n) is 5.28. The molecule has 0 radical (unpaired) electrons. The number of aliphatic hydroxyl groups is 1. The van der Waals surface area contributed by atoms with Gasteiger partial charge >= 0.3 is 0 Å². The Morgan fingerprint density at radius 1 is 0.844 bits per heavy atom. The number of methoxy groups -OCH3 is 2. The largest absolute Gasteiger partial charge is 0.493 e. The van der Waals surface area contributed by atoms with Gasteiger partial charge in [0, 0.05) is 18.4 Å². The number of rotatable bonds is 6. The van der Waals surface area contributed by atoms with Gasteiger partial charge in [-0.25, -0.2) is 0 Å². The van der Waals surface area contributed by atoms with Crippen molar-refractivity contribution in [2.75, 3.05) is 20.8 Å². The third-order valence-electron chi connectivity index (χ3n) is 6.84. The number of hydrogen-bond donors (Lipinski definition) is 2. The van der Waals surface area contributed by atoms with Gasteiger partial charge in [0.25, 0.3) is 0 Å². The summed E-state index contributed by atoms with van der Waals surface area (Å²) in [5, 5.41) is 14.4. The molecule has 0 saturated heterocycles. The zero-order chi connectivity index (χ0) is 21.4. The first-order chi connectivity index (χ1) is 15.2. The van der Waals surface area contributed by atoms with Crippen molar-refractivity contribution in [2.24, 2.45) is 0 Å². The fourth-order valence-corrected chi connectivity index (χ4v) is 5.28. The Balaban J connectivity index is 0.00000245. The van der Waals surface area contributed by atoms with Gasteiger partial charge in [0.1, 0.15) is 0 Å². The molecule has 4 nitrogen and oxygen atoms in total. The van der Waals surface area contributed by atoms with E-state index in [1.54, 1.807) is 14.2 Å². The third kappa shape index (κ3) is 3.99. The molecule has 0 aromatic heterocycles. The molecule has 0 bridgehead atoms. The van der Waals surface area contributed by atoms with Crippen molar-refractivity contribution in [1.29, 1.82) is 0 Å². The van der Waals surface area contributed by atoms with Gasteiger partial charge in [-0.1, -0.05) is 48.5 Å². The molecule has 0 saturated carbocycles. The average molecular weight is 452 g/mol. The number of ether oxygens (including phenoxy) is 2. The third-order valence-corrected chi connectivity index (χ3v) is 6.84. The van der Waals surface area contributed by atoms with Crippen LogP contribution in [0.25, 0.3) is 11.1 Å². The highest BCUT2D eigenvalue weighted by atomic mass is 35.5. The summed E-state index contributed by atoms with van der Waals surface area (Å²) in [6, 6.07) is 21.6. The first kappa shape index (κ1) is 22.7.